The standard InChI is InChI=1S/C8H14N4O2/c1-10-6-5-7(12-8(9)11-6)14-4-3-13-2/h5H,3-4H2,1-2H3,(H3,9,10,11,12). The molecule has 0 atom stereocenters. The van der Waals surface area contributed by atoms with Crippen LogP contribution in [0, 0.1) is 0 Å². The molecular weight excluding hydrogens is 184 g/mol. The third-order valence-electron chi connectivity index (χ3n) is 1.51. The summed E-state index contributed by atoms with van der Waals surface area (Å²) >= 11 is 0. The molecule has 6 heteroatoms. The summed E-state index contributed by atoms with van der Waals surface area (Å²) in [5.41, 5.74) is 5.47. The van der Waals surface area contributed by atoms with Crippen LogP contribution in [0.15, 0.2) is 6.07 Å². The first-order valence-corrected chi connectivity index (χ1v) is 4.20. The molecule has 1 aromatic rings. The van der Waals surface area contributed by atoms with Crippen molar-refractivity contribution < 1.29 is 9.47 Å². The Labute approximate surface area is 82.4 Å². The molecule has 0 saturated heterocycles. The lowest BCUT2D eigenvalue weighted by Crippen LogP contribution is -2.07. The van der Waals surface area contributed by atoms with Crippen molar-refractivity contribution in [3.05, 3.63) is 6.07 Å². The highest BCUT2D eigenvalue weighted by Crippen LogP contribution is 2.13. The van der Waals surface area contributed by atoms with Gasteiger partial charge in [0.05, 0.1) is 6.61 Å². The second-order valence-electron chi connectivity index (χ2n) is 2.54. The van der Waals surface area contributed by atoms with E-state index in [9.17, 15) is 0 Å². The lowest BCUT2D eigenvalue weighted by molar-refractivity contribution is 0.144. The highest BCUT2D eigenvalue weighted by molar-refractivity contribution is 5.41. The molecule has 0 fully saturated rings. The van der Waals surface area contributed by atoms with Gasteiger partial charge in [0, 0.05) is 20.2 Å². The molecule has 0 aliphatic carbocycles. The Hall–Kier alpha value is -1.56. The van der Waals surface area contributed by atoms with Crippen molar-refractivity contribution in [3.8, 4) is 5.88 Å². The van der Waals surface area contributed by atoms with E-state index in [1.54, 1.807) is 20.2 Å². The van der Waals surface area contributed by atoms with Gasteiger partial charge in [0.15, 0.2) is 0 Å². The quantitative estimate of drug-likeness (QED) is 0.654. The van der Waals surface area contributed by atoms with E-state index in [-0.39, 0.29) is 5.95 Å². The molecule has 0 aromatic carbocycles. The monoisotopic (exact) mass is 198 g/mol. The number of ether oxygens (including phenoxy) is 2. The number of hydrogen-bond acceptors (Lipinski definition) is 6. The van der Waals surface area contributed by atoms with Crippen LogP contribution in [0.2, 0.25) is 0 Å². The second kappa shape index (κ2) is 5.23. The van der Waals surface area contributed by atoms with Crippen LogP contribution in [0.1, 0.15) is 0 Å². The van der Waals surface area contributed by atoms with Crippen molar-refractivity contribution in [1.82, 2.24) is 9.97 Å². The van der Waals surface area contributed by atoms with Crippen LogP contribution in [-0.2, 0) is 4.74 Å². The van der Waals surface area contributed by atoms with Crippen molar-refractivity contribution in [2.24, 2.45) is 0 Å². The number of nitrogens with one attached hydrogen (secondary N) is 1. The summed E-state index contributed by atoms with van der Waals surface area (Å²) in [6.07, 6.45) is 0. The van der Waals surface area contributed by atoms with Crippen molar-refractivity contribution in [3.63, 3.8) is 0 Å². The first-order chi connectivity index (χ1) is 6.76. The molecule has 0 unspecified atom stereocenters. The third kappa shape index (κ3) is 3.06. The lowest BCUT2D eigenvalue weighted by Gasteiger charge is -2.06. The van der Waals surface area contributed by atoms with Crippen LogP contribution in [0.5, 0.6) is 5.88 Å². The summed E-state index contributed by atoms with van der Waals surface area (Å²) in [7, 11) is 3.36. The fraction of sp³-hybridized carbons (Fsp3) is 0.500. The van der Waals surface area contributed by atoms with Gasteiger partial charge in [0.25, 0.3) is 0 Å². The number of rotatable bonds is 5. The van der Waals surface area contributed by atoms with Crippen LogP contribution in [-0.4, -0.2) is 37.3 Å². The Kier molecular flexibility index (Phi) is 3.93. The van der Waals surface area contributed by atoms with Gasteiger partial charge in [0.1, 0.15) is 12.4 Å². The minimum Gasteiger partial charge on any atom is -0.475 e. The SMILES string of the molecule is CNc1cc(OCCOC)nc(N)n1. The van der Waals surface area contributed by atoms with Crippen molar-refractivity contribution in [2.75, 3.05) is 38.4 Å². The molecule has 0 aliphatic rings. The first kappa shape index (κ1) is 10.5. The Balaban J connectivity index is 2.62. The van der Waals surface area contributed by atoms with Gasteiger partial charge < -0.3 is 20.5 Å². The molecule has 1 heterocycles. The van der Waals surface area contributed by atoms with Gasteiger partial charge in [-0.15, -0.1) is 0 Å². The number of methoxy groups -OCH3 is 1. The van der Waals surface area contributed by atoms with E-state index in [0.29, 0.717) is 24.9 Å². The summed E-state index contributed by atoms with van der Waals surface area (Å²) in [5, 5.41) is 2.86. The molecule has 0 spiro atoms. The third-order valence-corrected chi connectivity index (χ3v) is 1.51. The maximum Gasteiger partial charge on any atom is 0.225 e. The van der Waals surface area contributed by atoms with E-state index in [1.807, 2.05) is 0 Å². The Morgan fingerprint density at radius 3 is 2.86 bits per heavy atom. The van der Waals surface area contributed by atoms with Crippen molar-refractivity contribution in [1.29, 1.82) is 0 Å². The molecular formula is C8H14N4O2. The Bertz CT molecular complexity index is 293. The number of nitrogens with zero attached hydrogens (tertiary/aromatic N) is 2. The molecule has 14 heavy (non-hydrogen) atoms. The molecule has 0 saturated carbocycles. The molecule has 1 rings (SSSR count). The van der Waals surface area contributed by atoms with Gasteiger partial charge >= 0.3 is 0 Å². The zero-order valence-corrected chi connectivity index (χ0v) is 8.28. The fourth-order valence-electron chi connectivity index (χ4n) is 0.874. The van der Waals surface area contributed by atoms with Crippen LogP contribution >= 0.6 is 0 Å². The summed E-state index contributed by atoms with van der Waals surface area (Å²) in [5.74, 6) is 1.26. The van der Waals surface area contributed by atoms with Gasteiger partial charge in [-0.3, -0.25) is 0 Å². The average molecular weight is 198 g/mol. The average Bonchev–Trinajstić information content (AvgIpc) is 2.17. The van der Waals surface area contributed by atoms with Crippen LogP contribution in [0.25, 0.3) is 0 Å². The van der Waals surface area contributed by atoms with Gasteiger partial charge in [-0.2, -0.15) is 9.97 Å². The van der Waals surface area contributed by atoms with Gasteiger partial charge in [-0.25, -0.2) is 0 Å². The Morgan fingerprint density at radius 2 is 2.21 bits per heavy atom. The van der Waals surface area contributed by atoms with Gasteiger partial charge in [-0.05, 0) is 0 Å². The summed E-state index contributed by atoms with van der Waals surface area (Å²) in [6, 6.07) is 1.67. The van der Waals surface area contributed by atoms with Crippen LogP contribution in [0.4, 0.5) is 11.8 Å². The maximum absolute atomic E-state index is 5.47. The van der Waals surface area contributed by atoms with E-state index in [0.717, 1.165) is 0 Å². The normalized spacial score (nSPS) is 9.86. The van der Waals surface area contributed by atoms with E-state index in [4.69, 9.17) is 15.2 Å². The second-order valence-corrected chi connectivity index (χ2v) is 2.54. The molecule has 0 bridgehead atoms. The van der Waals surface area contributed by atoms with E-state index < -0.39 is 0 Å². The van der Waals surface area contributed by atoms with Crippen LogP contribution < -0.4 is 15.8 Å². The van der Waals surface area contributed by atoms with Gasteiger partial charge in [0.2, 0.25) is 11.8 Å². The number of anilines is 2. The summed E-state index contributed by atoms with van der Waals surface area (Å²) in [4.78, 5) is 7.83. The number of nitrogen functional groups attached to an aromatic ring is 1. The van der Waals surface area contributed by atoms with Crippen LogP contribution in [0.3, 0.4) is 0 Å². The number of hydrogen-bond donors (Lipinski definition) is 2. The van der Waals surface area contributed by atoms with E-state index in [1.165, 1.54) is 0 Å². The molecule has 1 aromatic heterocycles. The van der Waals surface area contributed by atoms with E-state index >= 15 is 0 Å². The Morgan fingerprint density at radius 1 is 1.43 bits per heavy atom. The zero-order chi connectivity index (χ0) is 10.4. The smallest absolute Gasteiger partial charge is 0.225 e. The predicted octanol–water partition coefficient (Wildman–Crippen LogP) is 0.126. The van der Waals surface area contributed by atoms with Crippen molar-refractivity contribution in [2.45, 2.75) is 0 Å². The summed E-state index contributed by atoms with van der Waals surface area (Å²) < 4.78 is 10.1. The zero-order valence-electron chi connectivity index (χ0n) is 8.28. The maximum atomic E-state index is 5.47. The summed E-state index contributed by atoms with van der Waals surface area (Å²) in [6.45, 7) is 0.953. The lowest BCUT2D eigenvalue weighted by atomic mass is 10.5. The molecule has 6 nitrogen and oxygen atoms in total. The van der Waals surface area contributed by atoms with Gasteiger partial charge in [-0.1, -0.05) is 0 Å². The molecule has 0 aliphatic heterocycles. The fourth-order valence-corrected chi connectivity index (χ4v) is 0.874. The molecule has 78 valence electrons. The predicted molar refractivity (Wildman–Crippen MR) is 53.4 cm³/mol. The number of nitrogens with two attached hydrogens (primary N) is 1. The highest BCUT2D eigenvalue weighted by Gasteiger charge is 2.01. The minimum absolute atomic E-state index is 0.185. The highest BCUT2D eigenvalue weighted by atomic mass is 16.5. The molecule has 3 N–H and O–H groups in total. The minimum atomic E-state index is 0.185. The first-order valence-electron chi connectivity index (χ1n) is 4.20. The van der Waals surface area contributed by atoms with E-state index in [2.05, 4.69) is 15.3 Å². The molecule has 0 amide bonds. The molecule has 0 radical (unpaired) electrons. The number of aromatic nitrogens is 2. The topological polar surface area (TPSA) is 82.3 Å². The van der Waals surface area contributed by atoms with Crippen molar-refractivity contribution >= 4 is 11.8 Å². The largest absolute Gasteiger partial charge is 0.475 e.